The van der Waals surface area contributed by atoms with Crippen LogP contribution in [0.2, 0.25) is 0 Å². The molecule has 1 aromatic carbocycles. The van der Waals surface area contributed by atoms with Crippen LogP contribution in [-0.2, 0) is 6.54 Å². The highest BCUT2D eigenvalue weighted by atomic mass is 32.2. The smallest absolute Gasteiger partial charge is 0.315 e. The van der Waals surface area contributed by atoms with Gasteiger partial charge < -0.3 is 10.6 Å². The van der Waals surface area contributed by atoms with Gasteiger partial charge in [0, 0.05) is 18.2 Å². The molecule has 0 aliphatic carbocycles. The van der Waals surface area contributed by atoms with Crippen LogP contribution in [-0.4, -0.2) is 23.6 Å². The van der Waals surface area contributed by atoms with Crippen LogP contribution in [0.5, 0.6) is 0 Å². The molecule has 6 heteroatoms. The SMILES string of the molecule is O=C(NCc1cc(F)ccc1F)NC1CCSCC1. The molecular weight excluding hydrogens is 270 g/mol. The maximum atomic E-state index is 13.3. The van der Waals surface area contributed by atoms with Crippen molar-refractivity contribution in [2.45, 2.75) is 25.4 Å². The molecule has 1 heterocycles. The molecule has 2 N–H and O–H groups in total. The van der Waals surface area contributed by atoms with Crippen LogP contribution in [0.3, 0.4) is 0 Å². The third-order valence-corrected chi connectivity index (χ3v) is 4.05. The van der Waals surface area contributed by atoms with E-state index in [1.807, 2.05) is 11.8 Å². The van der Waals surface area contributed by atoms with Crippen LogP contribution < -0.4 is 10.6 Å². The largest absolute Gasteiger partial charge is 0.335 e. The number of benzene rings is 1. The summed E-state index contributed by atoms with van der Waals surface area (Å²) < 4.78 is 26.3. The number of hydrogen-bond donors (Lipinski definition) is 2. The van der Waals surface area contributed by atoms with Crippen molar-refractivity contribution in [2.24, 2.45) is 0 Å². The fraction of sp³-hybridized carbons (Fsp3) is 0.462. The number of amides is 2. The van der Waals surface area contributed by atoms with Gasteiger partial charge in [0.25, 0.3) is 0 Å². The van der Waals surface area contributed by atoms with Crippen molar-refractivity contribution in [1.82, 2.24) is 10.6 Å². The molecule has 1 aliphatic heterocycles. The highest BCUT2D eigenvalue weighted by Gasteiger charge is 2.15. The van der Waals surface area contributed by atoms with E-state index >= 15 is 0 Å². The molecule has 19 heavy (non-hydrogen) atoms. The summed E-state index contributed by atoms with van der Waals surface area (Å²) in [5, 5.41) is 5.39. The van der Waals surface area contributed by atoms with Crippen molar-refractivity contribution in [3.05, 3.63) is 35.4 Å². The Morgan fingerprint density at radius 3 is 2.79 bits per heavy atom. The molecule has 0 aromatic heterocycles. The molecule has 2 amide bonds. The van der Waals surface area contributed by atoms with Gasteiger partial charge in [-0.1, -0.05) is 0 Å². The second kappa shape index (κ2) is 6.75. The Morgan fingerprint density at radius 1 is 1.32 bits per heavy atom. The van der Waals surface area contributed by atoms with E-state index in [1.165, 1.54) is 0 Å². The highest BCUT2D eigenvalue weighted by Crippen LogP contribution is 2.16. The second-order valence-corrected chi connectivity index (χ2v) is 5.67. The van der Waals surface area contributed by atoms with Gasteiger partial charge in [-0.15, -0.1) is 0 Å². The van der Waals surface area contributed by atoms with Gasteiger partial charge in [-0.2, -0.15) is 11.8 Å². The molecule has 0 saturated carbocycles. The first-order chi connectivity index (χ1) is 9.15. The van der Waals surface area contributed by atoms with Crippen molar-refractivity contribution in [3.63, 3.8) is 0 Å². The van der Waals surface area contributed by atoms with E-state index in [4.69, 9.17) is 0 Å². The molecule has 3 nitrogen and oxygen atoms in total. The lowest BCUT2D eigenvalue weighted by Crippen LogP contribution is -2.43. The Labute approximate surface area is 115 Å². The number of carbonyl (C=O) groups is 1. The van der Waals surface area contributed by atoms with E-state index in [9.17, 15) is 13.6 Å². The number of urea groups is 1. The Balaban J connectivity index is 1.81. The minimum atomic E-state index is -0.518. The maximum absolute atomic E-state index is 13.3. The van der Waals surface area contributed by atoms with E-state index in [2.05, 4.69) is 10.6 Å². The van der Waals surface area contributed by atoms with Gasteiger partial charge in [0.05, 0.1) is 0 Å². The number of rotatable bonds is 3. The van der Waals surface area contributed by atoms with Crippen LogP contribution in [0.25, 0.3) is 0 Å². The third kappa shape index (κ3) is 4.38. The lowest BCUT2D eigenvalue weighted by atomic mass is 10.1. The van der Waals surface area contributed by atoms with Gasteiger partial charge in [0.2, 0.25) is 0 Å². The first-order valence-corrected chi connectivity index (χ1v) is 7.36. The van der Waals surface area contributed by atoms with Crippen LogP contribution in [0, 0.1) is 11.6 Å². The summed E-state index contributed by atoms with van der Waals surface area (Å²) in [5.41, 5.74) is 0.148. The second-order valence-electron chi connectivity index (χ2n) is 4.45. The summed E-state index contributed by atoms with van der Waals surface area (Å²) in [4.78, 5) is 11.6. The van der Waals surface area contributed by atoms with Crippen molar-refractivity contribution in [2.75, 3.05) is 11.5 Å². The fourth-order valence-corrected chi connectivity index (χ4v) is 3.04. The van der Waals surface area contributed by atoms with Crippen LogP contribution >= 0.6 is 11.8 Å². The molecule has 1 aromatic rings. The average Bonchev–Trinajstić information content (AvgIpc) is 2.41. The first kappa shape index (κ1) is 14.1. The summed E-state index contributed by atoms with van der Waals surface area (Å²) in [5.74, 6) is 1.06. The zero-order valence-electron chi connectivity index (χ0n) is 10.4. The molecule has 0 radical (unpaired) electrons. The number of thioether (sulfide) groups is 1. The molecule has 1 aliphatic rings. The van der Waals surface area contributed by atoms with E-state index in [1.54, 1.807) is 0 Å². The van der Waals surface area contributed by atoms with Crippen molar-refractivity contribution in [1.29, 1.82) is 0 Å². The molecule has 104 valence electrons. The average molecular weight is 286 g/mol. The summed E-state index contributed by atoms with van der Waals surface area (Å²) >= 11 is 1.88. The predicted octanol–water partition coefficient (Wildman–Crippen LogP) is 2.66. The van der Waals surface area contributed by atoms with Gasteiger partial charge in [0.1, 0.15) is 11.6 Å². The van der Waals surface area contributed by atoms with E-state index in [0.717, 1.165) is 42.5 Å². The molecule has 1 fully saturated rings. The quantitative estimate of drug-likeness (QED) is 0.897. The van der Waals surface area contributed by atoms with E-state index in [-0.39, 0.29) is 24.2 Å². The number of hydrogen-bond acceptors (Lipinski definition) is 2. The molecule has 0 unspecified atom stereocenters. The van der Waals surface area contributed by atoms with Gasteiger partial charge in [0.15, 0.2) is 0 Å². The van der Waals surface area contributed by atoms with Crippen LogP contribution in [0.15, 0.2) is 18.2 Å². The Hall–Kier alpha value is -1.30. The molecule has 0 spiro atoms. The van der Waals surface area contributed by atoms with Gasteiger partial charge >= 0.3 is 6.03 Å². The summed E-state index contributed by atoms with van der Waals surface area (Å²) in [7, 11) is 0. The predicted molar refractivity (Wildman–Crippen MR) is 72.1 cm³/mol. The lowest BCUT2D eigenvalue weighted by molar-refractivity contribution is 0.235. The Kier molecular flexibility index (Phi) is 5.01. The normalized spacial score (nSPS) is 16.1. The number of carbonyl (C=O) groups excluding carboxylic acids is 1. The molecule has 2 rings (SSSR count). The summed E-state index contributed by atoms with van der Waals surface area (Å²) in [6.45, 7) is -0.0170. The Morgan fingerprint density at radius 2 is 2.05 bits per heavy atom. The van der Waals surface area contributed by atoms with Crippen LogP contribution in [0.1, 0.15) is 18.4 Å². The van der Waals surface area contributed by atoms with E-state index in [0.29, 0.717) is 0 Å². The third-order valence-electron chi connectivity index (χ3n) is 3.00. The minimum Gasteiger partial charge on any atom is -0.335 e. The lowest BCUT2D eigenvalue weighted by Gasteiger charge is -2.22. The van der Waals surface area contributed by atoms with Gasteiger partial charge in [-0.25, -0.2) is 13.6 Å². The van der Waals surface area contributed by atoms with Crippen LogP contribution in [0.4, 0.5) is 13.6 Å². The number of nitrogens with one attached hydrogen (secondary N) is 2. The van der Waals surface area contributed by atoms with Gasteiger partial charge in [-0.05, 0) is 42.5 Å². The van der Waals surface area contributed by atoms with Crippen molar-refractivity contribution in [3.8, 4) is 0 Å². The standard InChI is InChI=1S/C13H16F2N2OS/c14-10-1-2-12(15)9(7-10)8-16-13(18)17-11-3-5-19-6-4-11/h1-2,7,11H,3-6,8H2,(H2,16,17,18). The fourth-order valence-electron chi connectivity index (χ4n) is 1.93. The number of halogens is 2. The zero-order chi connectivity index (χ0) is 13.7. The highest BCUT2D eigenvalue weighted by molar-refractivity contribution is 7.99. The maximum Gasteiger partial charge on any atom is 0.315 e. The molecule has 0 atom stereocenters. The summed E-state index contributed by atoms with van der Waals surface area (Å²) in [6.07, 6.45) is 1.90. The van der Waals surface area contributed by atoms with E-state index < -0.39 is 11.6 Å². The minimum absolute atomic E-state index is 0.0170. The van der Waals surface area contributed by atoms with Crippen molar-refractivity contribution >= 4 is 17.8 Å². The molecular formula is C13H16F2N2OS. The zero-order valence-corrected chi connectivity index (χ0v) is 11.2. The topological polar surface area (TPSA) is 41.1 Å². The molecule has 1 saturated heterocycles. The first-order valence-electron chi connectivity index (χ1n) is 6.21. The summed E-state index contributed by atoms with van der Waals surface area (Å²) in [6, 6.07) is 3.05. The van der Waals surface area contributed by atoms with Gasteiger partial charge in [-0.3, -0.25) is 0 Å². The molecule has 0 bridgehead atoms. The van der Waals surface area contributed by atoms with Crippen molar-refractivity contribution < 1.29 is 13.6 Å². The monoisotopic (exact) mass is 286 g/mol. The Bertz CT molecular complexity index is 450.